The van der Waals surface area contributed by atoms with Gasteiger partial charge in [-0.3, -0.25) is 0 Å². The summed E-state index contributed by atoms with van der Waals surface area (Å²) in [7, 11) is 4.41. The fourth-order valence-corrected chi connectivity index (χ4v) is 2.74. The standard InChI is InChI=1S/C15H33N3/c1-6-9-16-15(13(3)7-2)12-18-10-8-14(11-18)17(4)5/h13-16H,6-12H2,1-5H3. The van der Waals surface area contributed by atoms with Crippen molar-refractivity contribution in [1.29, 1.82) is 0 Å². The van der Waals surface area contributed by atoms with Crippen LogP contribution in [0.2, 0.25) is 0 Å². The zero-order chi connectivity index (χ0) is 13.5. The largest absolute Gasteiger partial charge is 0.312 e. The molecule has 3 nitrogen and oxygen atoms in total. The van der Waals surface area contributed by atoms with E-state index in [1.165, 1.54) is 38.9 Å². The van der Waals surface area contributed by atoms with E-state index in [0.29, 0.717) is 6.04 Å². The molecule has 0 amide bonds. The Kier molecular flexibility index (Phi) is 7.20. The summed E-state index contributed by atoms with van der Waals surface area (Å²) in [6, 6.07) is 1.42. The number of rotatable bonds is 8. The smallest absolute Gasteiger partial charge is 0.0229 e. The molecule has 3 unspecified atom stereocenters. The molecule has 1 aliphatic heterocycles. The summed E-state index contributed by atoms with van der Waals surface area (Å²) in [5.74, 6) is 0.773. The van der Waals surface area contributed by atoms with Crippen molar-refractivity contribution in [2.24, 2.45) is 5.92 Å². The van der Waals surface area contributed by atoms with Crippen LogP contribution in [0.3, 0.4) is 0 Å². The van der Waals surface area contributed by atoms with Crippen LogP contribution >= 0.6 is 0 Å². The minimum absolute atomic E-state index is 0.663. The summed E-state index contributed by atoms with van der Waals surface area (Å²) in [5, 5.41) is 3.74. The van der Waals surface area contributed by atoms with Crippen molar-refractivity contribution in [2.45, 2.75) is 52.1 Å². The summed E-state index contributed by atoms with van der Waals surface area (Å²) in [5.41, 5.74) is 0. The highest BCUT2D eigenvalue weighted by atomic mass is 15.2. The molecule has 1 fully saturated rings. The van der Waals surface area contributed by atoms with Gasteiger partial charge in [-0.05, 0) is 45.9 Å². The molecule has 1 rings (SSSR count). The lowest BCUT2D eigenvalue weighted by Crippen LogP contribution is -2.45. The first-order valence-corrected chi connectivity index (χ1v) is 7.70. The van der Waals surface area contributed by atoms with E-state index in [-0.39, 0.29) is 0 Å². The van der Waals surface area contributed by atoms with Gasteiger partial charge in [-0.25, -0.2) is 0 Å². The van der Waals surface area contributed by atoms with Gasteiger partial charge in [-0.1, -0.05) is 27.2 Å². The third-order valence-corrected chi connectivity index (χ3v) is 4.42. The molecule has 18 heavy (non-hydrogen) atoms. The molecule has 0 aromatic heterocycles. The van der Waals surface area contributed by atoms with Crippen LogP contribution in [0.4, 0.5) is 0 Å². The number of hydrogen-bond acceptors (Lipinski definition) is 3. The highest BCUT2D eigenvalue weighted by Gasteiger charge is 2.27. The topological polar surface area (TPSA) is 18.5 Å². The van der Waals surface area contributed by atoms with Crippen LogP contribution in [0, 0.1) is 5.92 Å². The summed E-state index contributed by atoms with van der Waals surface area (Å²) < 4.78 is 0. The molecule has 0 bridgehead atoms. The van der Waals surface area contributed by atoms with E-state index in [0.717, 1.165) is 18.5 Å². The first-order valence-electron chi connectivity index (χ1n) is 7.70. The van der Waals surface area contributed by atoms with Gasteiger partial charge in [-0.15, -0.1) is 0 Å². The lowest BCUT2D eigenvalue weighted by Gasteiger charge is -2.29. The molecule has 1 aliphatic rings. The maximum Gasteiger partial charge on any atom is 0.0229 e. The molecule has 0 spiro atoms. The Hall–Kier alpha value is -0.120. The Bertz CT molecular complexity index is 218. The highest BCUT2D eigenvalue weighted by Crippen LogP contribution is 2.16. The molecule has 0 radical (unpaired) electrons. The van der Waals surface area contributed by atoms with Gasteiger partial charge >= 0.3 is 0 Å². The monoisotopic (exact) mass is 255 g/mol. The third-order valence-electron chi connectivity index (χ3n) is 4.42. The highest BCUT2D eigenvalue weighted by molar-refractivity contribution is 4.85. The zero-order valence-electron chi connectivity index (χ0n) is 13.1. The van der Waals surface area contributed by atoms with Crippen molar-refractivity contribution in [1.82, 2.24) is 15.1 Å². The quantitative estimate of drug-likeness (QED) is 0.716. The van der Waals surface area contributed by atoms with Gasteiger partial charge in [0.1, 0.15) is 0 Å². The Morgan fingerprint density at radius 3 is 2.56 bits per heavy atom. The maximum absolute atomic E-state index is 3.74. The van der Waals surface area contributed by atoms with Crippen molar-refractivity contribution in [3.05, 3.63) is 0 Å². The van der Waals surface area contributed by atoms with Gasteiger partial charge in [0.25, 0.3) is 0 Å². The Labute approximate surface area is 114 Å². The SMILES string of the molecule is CCCNC(CN1CCC(N(C)C)C1)C(C)CC. The molecule has 1 N–H and O–H groups in total. The fourth-order valence-electron chi connectivity index (χ4n) is 2.74. The van der Waals surface area contributed by atoms with Crippen LogP contribution in [0.5, 0.6) is 0 Å². The molecule has 1 heterocycles. The molecular weight excluding hydrogens is 222 g/mol. The van der Waals surface area contributed by atoms with Crippen molar-refractivity contribution < 1.29 is 0 Å². The Morgan fingerprint density at radius 1 is 1.33 bits per heavy atom. The minimum atomic E-state index is 0.663. The number of nitrogens with one attached hydrogen (secondary N) is 1. The van der Waals surface area contributed by atoms with Crippen molar-refractivity contribution in [3.8, 4) is 0 Å². The first-order chi connectivity index (χ1) is 8.58. The Morgan fingerprint density at radius 2 is 2.06 bits per heavy atom. The molecule has 0 aromatic carbocycles. The van der Waals surface area contributed by atoms with Gasteiger partial charge in [0.05, 0.1) is 0 Å². The van der Waals surface area contributed by atoms with Gasteiger partial charge in [-0.2, -0.15) is 0 Å². The lowest BCUT2D eigenvalue weighted by molar-refractivity contribution is 0.223. The average Bonchev–Trinajstić information content (AvgIpc) is 2.82. The lowest BCUT2D eigenvalue weighted by atomic mass is 9.98. The molecule has 3 heteroatoms. The summed E-state index contributed by atoms with van der Waals surface area (Å²) in [4.78, 5) is 5.02. The second-order valence-electron chi connectivity index (χ2n) is 6.11. The van der Waals surface area contributed by atoms with E-state index in [1.807, 2.05) is 0 Å². The van der Waals surface area contributed by atoms with E-state index < -0.39 is 0 Å². The van der Waals surface area contributed by atoms with E-state index in [1.54, 1.807) is 0 Å². The molecule has 1 saturated heterocycles. The summed E-state index contributed by atoms with van der Waals surface area (Å²) >= 11 is 0. The van der Waals surface area contributed by atoms with Crippen LogP contribution in [-0.4, -0.2) is 62.2 Å². The predicted molar refractivity (Wildman–Crippen MR) is 80.1 cm³/mol. The number of hydrogen-bond donors (Lipinski definition) is 1. The summed E-state index contributed by atoms with van der Waals surface area (Å²) in [6.45, 7) is 11.8. The van der Waals surface area contributed by atoms with Crippen LogP contribution < -0.4 is 5.32 Å². The second-order valence-corrected chi connectivity index (χ2v) is 6.11. The second kappa shape index (κ2) is 8.13. The van der Waals surface area contributed by atoms with Gasteiger partial charge in [0.15, 0.2) is 0 Å². The molecule has 108 valence electrons. The number of likely N-dealkylation sites (tertiary alicyclic amines) is 1. The zero-order valence-corrected chi connectivity index (χ0v) is 13.1. The van der Waals surface area contributed by atoms with Crippen LogP contribution in [0.15, 0.2) is 0 Å². The molecule has 3 atom stereocenters. The average molecular weight is 255 g/mol. The fraction of sp³-hybridized carbons (Fsp3) is 1.00. The van der Waals surface area contributed by atoms with E-state index in [4.69, 9.17) is 0 Å². The van der Waals surface area contributed by atoms with Crippen LogP contribution in [0.25, 0.3) is 0 Å². The normalized spacial score (nSPS) is 24.7. The van der Waals surface area contributed by atoms with E-state index in [9.17, 15) is 0 Å². The molecule has 0 aliphatic carbocycles. The maximum atomic E-state index is 3.74. The molecule has 0 aromatic rings. The van der Waals surface area contributed by atoms with E-state index >= 15 is 0 Å². The van der Waals surface area contributed by atoms with Crippen LogP contribution in [-0.2, 0) is 0 Å². The molecular formula is C15H33N3. The van der Waals surface area contributed by atoms with Gasteiger partial charge < -0.3 is 15.1 Å². The van der Waals surface area contributed by atoms with Gasteiger partial charge in [0.2, 0.25) is 0 Å². The summed E-state index contributed by atoms with van der Waals surface area (Å²) in [6.07, 6.45) is 3.83. The molecule has 0 saturated carbocycles. The van der Waals surface area contributed by atoms with Crippen molar-refractivity contribution in [2.75, 3.05) is 40.3 Å². The predicted octanol–water partition coefficient (Wildman–Crippen LogP) is 2.04. The first kappa shape index (κ1) is 15.9. The van der Waals surface area contributed by atoms with Crippen LogP contribution in [0.1, 0.15) is 40.0 Å². The Balaban J connectivity index is 2.41. The van der Waals surface area contributed by atoms with E-state index in [2.05, 4.69) is 50.0 Å². The third kappa shape index (κ3) is 4.87. The van der Waals surface area contributed by atoms with Gasteiger partial charge in [0, 0.05) is 25.2 Å². The van der Waals surface area contributed by atoms with Crippen molar-refractivity contribution >= 4 is 0 Å². The van der Waals surface area contributed by atoms with Crippen molar-refractivity contribution in [3.63, 3.8) is 0 Å². The number of likely N-dealkylation sites (N-methyl/N-ethyl adjacent to an activating group) is 1. The number of nitrogens with zero attached hydrogens (tertiary/aromatic N) is 2. The minimum Gasteiger partial charge on any atom is -0.312 e.